The smallest absolute Gasteiger partial charge is 0.276 e. The van der Waals surface area contributed by atoms with E-state index in [1.165, 1.54) is 29.2 Å². The zero-order valence-corrected chi connectivity index (χ0v) is 15.9. The minimum absolute atomic E-state index is 0.0509. The number of anilines is 2. The van der Waals surface area contributed by atoms with Crippen LogP contribution >= 0.6 is 0 Å². The first kappa shape index (κ1) is 20.1. The fraction of sp³-hybridized carbons (Fsp3) is 0.136. The topological polar surface area (TPSA) is 62.3 Å². The number of carbonyl (C=O) groups excluding carboxylic acids is 2. The number of hydrogen-bond acceptors (Lipinski definition) is 3. The second-order valence-electron chi connectivity index (χ2n) is 6.35. The largest absolute Gasteiger partial charge is 0.316 e. The Morgan fingerprint density at radius 3 is 2.24 bits per heavy atom. The lowest BCUT2D eigenvalue weighted by molar-refractivity contribution is 0.0983. The molecule has 0 fully saturated rings. The lowest BCUT2D eigenvalue weighted by atomic mass is 10.2. The molecule has 0 unspecified atom stereocenters. The number of rotatable bonds is 5. The van der Waals surface area contributed by atoms with Crippen LogP contribution in [0, 0.1) is 18.6 Å². The van der Waals surface area contributed by atoms with Crippen LogP contribution in [-0.4, -0.2) is 23.3 Å². The first-order valence-corrected chi connectivity index (χ1v) is 9.01. The summed E-state index contributed by atoms with van der Waals surface area (Å²) < 4.78 is 27.5. The Bertz CT molecular complexity index is 1050. The van der Waals surface area contributed by atoms with Gasteiger partial charge in [0.05, 0.1) is 0 Å². The van der Waals surface area contributed by atoms with Gasteiger partial charge in [-0.15, -0.1) is 0 Å². The molecule has 1 heterocycles. The fourth-order valence-corrected chi connectivity index (χ4v) is 2.85. The SMILES string of the molecule is CCN(C(=O)c1cccc(C(=O)Nc2c(F)cccc2F)n1)c1cccc(C)c1. The molecule has 0 radical (unpaired) electrons. The number of aryl methyl sites for hydroxylation is 1. The minimum atomic E-state index is -0.901. The van der Waals surface area contributed by atoms with Crippen molar-refractivity contribution in [3.8, 4) is 0 Å². The average molecular weight is 395 g/mol. The molecule has 2 amide bonds. The molecule has 1 N–H and O–H groups in total. The molecule has 0 bridgehead atoms. The number of benzene rings is 2. The molecular weight excluding hydrogens is 376 g/mol. The molecule has 3 rings (SSSR count). The number of halogens is 2. The van der Waals surface area contributed by atoms with Crippen molar-refractivity contribution in [1.82, 2.24) is 4.98 Å². The zero-order valence-electron chi connectivity index (χ0n) is 15.9. The van der Waals surface area contributed by atoms with Gasteiger partial charge in [-0.25, -0.2) is 13.8 Å². The van der Waals surface area contributed by atoms with Crippen molar-refractivity contribution < 1.29 is 18.4 Å². The van der Waals surface area contributed by atoms with Crippen LogP contribution in [0.15, 0.2) is 60.7 Å². The second-order valence-corrected chi connectivity index (χ2v) is 6.35. The van der Waals surface area contributed by atoms with Crippen molar-refractivity contribution >= 4 is 23.2 Å². The van der Waals surface area contributed by atoms with Gasteiger partial charge in [-0.1, -0.05) is 24.3 Å². The molecule has 0 saturated carbocycles. The highest BCUT2D eigenvalue weighted by Gasteiger charge is 2.20. The molecule has 0 aliphatic carbocycles. The molecule has 0 saturated heterocycles. The summed E-state index contributed by atoms with van der Waals surface area (Å²) in [6.07, 6.45) is 0. The summed E-state index contributed by atoms with van der Waals surface area (Å²) in [6.45, 7) is 4.16. The molecule has 0 spiro atoms. The lowest BCUT2D eigenvalue weighted by Crippen LogP contribution is -2.31. The van der Waals surface area contributed by atoms with Crippen LogP contribution in [0.3, 0.4) is 0 Å². The highest BCUT2D eigenvalue weighted by Crippen LogP contribution is 2.20. The van der Waals surface area contributed by atoms with Gasteiger partial charge < -0.3 is 10.2 Å². The molecule has 1 aromatic heterocycles. The molecule has 2 aromatic carbocycles. The van der Waals surface area contributed by atoms with E-state index in [2.05, 4.69) is 10.3 Å². The van der Waals surface area contributed by atoms with E-state index in [9.17, 15) is 18.4 Å². The van der Waals surface area contributed by atoms with Crippen LogP contribution in [0.2, 0.25) is 0 Å². The summed E-state index contributed by atoms with van der Waals surface area (Å²) in [6, 6.07) is 15.1. The minimum Gasteiger partial charge on any atom is -0.316 e. The Labute approximate surface area is 167 Å². The Hall–Kier alpha value is -3.61. The maximum absolute atomic E-state index is 13.8. The summed E-state index contributed by atoms with van der Waals surface area (Å²) in [4.78, 5) is 31.0. The van der Waals surface area contributed by atoms with Crippen LogP contribution < -0.4 is 10.2 Å². The summed E-state index contributed by atoms with van der Waals surface area (Å²) in [5, 5.41) is 2.17. The quantitative estimate of drug-likeness (QED) is 0.687. The van der Waals surface area contributed by atoms with Crippen molar-refractivity contribution in [1.29, 1.82) is 0 Å². The van der Waals surface area contributed by atoms with E-state index in [-0.39, 0.29) is 17.3 Å². The van der Waals surface area contributed by atoms with E-state index >= 15 is 0 Å². The molecule has 29 heavy (non-hydrogen) atoms. The van der Waals surface area contributed by atoms with E-state index in [1.54, 1.807) is 0 Å². The third-order valence-electron chi connectivity index (χ3n) is 4.28. The first-order chi connectivity index (χ1) is 13.9. The van der Waals surface area contributed by atoms with Crippen molar-refractivity contribution in [3.05, 3.63) is 89.2 Å². The molecular formula is C22H19F2N3O2. The summed E-state index contributed by atoms with van der Waals surface area (Å²) in [5.74, 6) is -3.00. The summed E-state index contributed by atoms with van der Waals surface area (Å²) in [5.41, 5.74) is 1.07. The fourth-order valence-electron chi connectivity index (χ4n) is 2.85. The van der Waals surface area contributed by atoms with Gasteiger partial charge in [-0.3, -0.25) is 9.59 Å². The predicted molar refractivity (Wildman–Crippen MR) is 107 cm³/mol. The molecule has 0 aliphatic heterocycles. The molecule has 148 valence electrons. The van der Waals surface area contributed by atoms with E-state index in [1.807, 2.05) is 38.1 Å². The van der Waals surface area contributed by atoms with Crippen LogP contribution in [0.4, 0.5) is 20.2 Å². The van der Waals surface area contributed by atoms with E-state index < -0.39 is 23.2 Å². The molecule has 3 aromatic rings. The number of para-hydroxylation sites is 1. The van der Waals surface area contributed by atoms with Gasteiger partial charge in [0, 0.05) is 12.2 Å². The Kier molecular flexibility index (Phi) is 5.97. The van der Waals surface area contributed by atoms with Gasteiger partial charge >= 0.3 is 0 Å². The number of aromatic nitrogens is 1. The maximum atomic E-state index is 13.8. The van der Waals surface area contributed by atoms with E-state index in [0.717, 1.165) is 17.7 Å². The van der Waals surface area contributed by atoms with Crippen LogP contribution in [-0.2, 0) is 0 Å². The van der Waals surface area contributed by atoms with E-state index in [0.29, 0.717) is 12.2 Å². The first-order valence-electron chi connectivity index (χ1n) is 9.01. The van der Waals surface area contributed by atoms with Crippen LogP contribution in [0.5, 0.6) is 0 Å². The lowest BCUT2D eigenvalue weighted by Gasteiger charge is -2.21. The normalized spacial score (nSPS) is 10.5. The van der Waals surface area contributed by atoms with Gasteiger partial charge in [0.25, 0.3) is 11.8 Å². The Balaban J connectivity index is 1.86. The Morgan fingerprint density at radius 2 is 1.59 bits per heavy atom. The number of carbonyl (C=O) groups is 2. The number of pyridine rings is 1. The van der Waals surface area contributed by atoms with Crippen LogP contribution in [0.1, 0.15) is 33.5 Å². The van der Waals surface area contributed by atoms with Crippen molar-refractivity contribution in [2.45, 2.75) is 13.8 Å². The second kappa shape index (κ2) is 8.60. The zero-order chi connectivity index (χ0) is 21.0. The highest BCUT2D eigenvalue weighted by atomic mass is 19.1. The van der Waals surface area contributed by atoms with Crippen LogP contribution in [0.25, 0.3) is 0 Å². The molecule has 0 aliphatic rings. The van der Waals surface area contributed by atoms with Gasteiger partial charge in [-0.2, -0.15) is 0 Å². The van der Waals surface area contributed by atoms with Crippen molar-refractivity contribution in [2.75, 3.05) is 16.8 Å². The van der Waals surface area contributed by atoms with Crippen molar-refractivity contribution in [3.63, 3.8) is 0 Å². The predicted octanol–water partition coefficient (Wildman–Crippen LogP) is 4.59. The van der Waals surface area contributed by atoms with Gasteiger partial charge in [0.2, 0.25) is 0 Å². The average Bonchev–Trinajstić information content (AvgIpc) is 2.71. The number of hydrogen-bond donors (Lipinski definition) is 1. The third kappa shape index (κ3) is 4.45. The van der Waals surface area contributed by atoms with Crippen molar-refractivity contribution in [2.24, 2.45) is 0 Å². The molecule has 7 heteroatoms. The van der Waals surface area contributed by atoms with Gasteiger partial charge in [0.15, 0.2) is 0 Å². The molecule has 0 atom stereocenters. The maximum Gasteiger partial charge on any atom is 0.276 e. The number of nitrogens with zero attached hydrogens (tertiary/aromatic N) is 2. The van der Waals surface area contributed by atoms with E-state index in [4.69, 9.17) is 0 Å². The number of nitrogens with one attached hydrogen (secondary N) is 1. The number of amides is 2. The van der Waals surface area contributed by atoms with Gasteiger partial charge in [-0.05, 0) is 55.8 Å². The summed E-state index contributed by atoms with van der Waals surface area (Å²) >= 11 is 0. The summed E-state index contributed by atoms with van der Waals surface area (Å²) in [7, 11) is 0. The van der Waals surface area contributed by atoms with Gasteiger partial charge in [0.1, 0.15) is 28.7 Å². The third-order valence-corrected chi connectivity index (χ3v) is 4.28. The highest BCUT2D eigenvalue weighted by molar-refractivity contribution is 6.07. The Morgan fingerprint density at radius 1 is 0.966 bits per heavy atom. The monoisotopic (exact) mass is 395 g/mol. The standard InChI is InChI=1S/C22H19F2N3O2/c1-3-27(15-8-4-7-14(2)13-15)22(29)19-12-6-11-18(25-19)21(28)26-20-16(23)9-5-10-17(20)24/h4-13H,3H2,1-2H3,(H,26,28). The molecule has 5 nitrogen and oxygen atoms in total.